The predicted octanol–water partition coefficient (Wildman–Crippen LogP) is 3.89. The normalized spacial score (nSPS) is 11.2. The van der Waals surface area contributed by atoms with Crippen molar-refractivity contribution in [2.45, 2.75) is 11.8 Å². The Morgan fingerprint density at radius 2 is 1.64 bits per heavy atom. The topological polar surface area (TPSA) is 130 Å². The molecule has 0 unspecified atom stereocenters. The van der Waals surface area contributed by atoms with Gasteiger partial charge in [-0.1, -0.05) is 23.2 Å². The molecule has 0 aliphatic heterocycles. The fourth-order valence-corrected chi connectivity index (χ4v) is 3.35. The van der Waals surface area contributed by atoms with Crippen LogP contribution in [-0.2, 0) is 10.1 Å². The summed E-state index contributed by atoms with van der Waals surface area (Å²) in [6, 6.07) is 4.72. The van der Waals surface area contributed by atoms with E-state index in [1.165, 1.54) is 6.92 Å². The van der Waals surface area contributed by atoms with Crippen molar-refractivity contribution in [3.05, 3.63) is 66.2 Å². The van der Waals surface area contributed by atoms with Gasteiger partial charge in [-0.2, -0.15) is 8.42 Å². The number of non-ortho nitro benzene ring substituents is 1. The van der Waals surface area contributed by atoms with Gasteiger partial charge in [0, 0.05) is 23.8 Å². The fraction of sp³-hybridized carbons (Fsp3) is 0.0769. The van der Waals surface area contributed by atoms with Crippen LogP contribution < -0.4 is 4.18 Å². The van der Waals surface area contributed by atoms with Crippen molar-refractivity contribution in [2.24, 2.45) is 0 Å². The molecule has 0 saturated heterocycles. The minimum Gasteiger partial charge on any atom is -0.377 e. The number of nitrogens with zero attached hydrogens (tertiary/aromatic N) is 2. The maximum Gasteiger partial charge on any atom is 0.339 e. The van der Waals surface area contributed by atoms with Crippen molar-refractivity contribution < 1.29 is 22.4 Å². The van der Waals surface area contributed by atoms with Gasteiger partial charge in [0.2, 0.25) is 0 Å². The Bertz CT molecular complexity index is 992. The number of benzene rings is 2. The minimum absolute atomic E-state index is 0.0963. The molecule has 0 bridgehead atoms. The van der Waals surface area contributed by atoms with Crippen LogP contribution in [0.4, 0.5) is 11.4 Å². The number of hydrogen-bond acceptors (Lipinski definition) is 7. The fourth-order valence-electron chi connectivity index (χ4n) is 1.81. The first kappa shape index (κ1) is 18.9. The average molecular weight is 407 g/mol. The van der Waals surface area contributed by atoms with E-state index in [2.05, 4.69) is 0 Å². The first-order valence-corrected chi connectivity index (χ1v) is 8.52. The van der Waals surface area contributed by atoms with E-state index in [4.69, 9.17) is 27.4 Å². The molecule has 0 atom stereocenters. The lowest BCUT2D eigenvalue weighted by atomic mass is 10.2. The molecular formula is C13H8Cl2N2O7S. The molecule has 0 radical (unpaired) electrons. The third-order valence-electron chi connectivity index (χ3n) is 3.10. The van der Waals surface area contributed by atoms with Crippen LogP contribution in [0.3, 0.4) is 0 Å². The Balaban J connectivity index is 2.47. The second kappa shape index (κ2) is 6.82. The smallest absolute Gasteiger partial charge is 0.339 e. The number of rotatable bonds is 5. The van der Waals surface area contributed by atoms with Crippen LogP contribution in [0.15, 0.2) is 35.2 Å². The molecule has 0 aliphatic carbocycles. The summed E-state index contributed by atoms with van der Waals surface area (Å²) in [6.07, 6.45) is 0. The SMILES string of the molecule is Cc1c(Cl)cc(S(=O)(=O)Oc2ccc([N+](=O)[O-])cc2Cl)cc1[N+](=O)[O-]. The summed E-state index contributed by atoms with van der Waals surface area (Å²) in [7, 11) is -4.51. The van der Waals surface area contributed by atoms with Gasteiger partial charge in [-0.3, -0.25) is 20.2 Å². The predicted molar refractivity (Wildman–Crippen MR) is 88.8 cm³/mol. The van der Waals surface area contributed by atoms with Gasteiger partial charge in [0.05, 0.1) is 19.9 Å². The quantitative estimate of drug-likeness (QED) is 0.418. The zero-order chi connectivity index (χ0) is 18.9. The van der Waals surface area contributed by atoms with Gasteiger partial charge in [-0.15, -0.1) is 0 Å². The lowest BCUT2D eigenvalue weighted by molar-refractivity contribution is -0.385. The number of hydrogen-bond donors (Lipinski definition) is 0. The van der Waals surface area contributed by atoms with Crippen LogP contribution in [0.5, 0.6) is 5.75 Å². The zero-order valence-corrected chi connectivity index (χ0v) is 14.6. The Morgan fingerprint density at radius 3 is 2.16 bits per heavy atom. The second-order valence-corrected chi connectivity index (χ2v) is 7.08. The van der Waals surface area contributed by atoms with Gasteiger partial charge >= 0.3 is 10.1 Å². The molecule has 9 nitrogen and oxygen atoms in total. The summed E-state index contributed by atoms with van der Waals surface area (Å²) in [6.45, 7) is 1.37. The van der Waals surface area contributed by atoms with Crippen LogP contribution >= 0.6 is 23.2 Å². The molecule has 0 saturated carbocycles. The minimum atomic E-state index is -4.51. The van der Waals surface area contributed by atoms with E-state index in [1.54, 1.807) is 0 Å². The average Bonchev–Trinajstić information content (AvgIpc) is 2.51. The van der Waals surface area contributed by atoms with Gasteiger partial charge in [0.1, 0.15) is 4.90 Å². The molecule has 0 aliphatic rings. The molecule has 12 heteroatoms. The molecule has 0 amide bonds. The van der Waals surface area contributed by atoms with Crippen molar-refractivity contribution >= 4 is 44.7 Å². The molecule has 2 aromatic rings. The monoisotopic (exact) mass is 406 g/mol. The third-order valence-corrected chi connectivity index (χ3v) is 5.00. The Morgan fingerprint density at radius 1 is 1.00 bits per heavy atom. The number of nitro benzene ring substituents is 2. The maximum absolute atomic E-state index is 12.3. The number of halogens is 2. The summed E-state index contributed by atoms with van der Waals surface area (Å²) in [4.78, 5) is 19.6. The van der Waals surface area contributed by atoms with Gasteiger partial charge in [-0.05, 0) is 19.1 Å². The highest BCUT2D eigenvalue weighted by Crippen LogP contribution is 2.34. The van der Waals surface area contributed by atoms with Crippen LogP contribution in [0.2, 0.25) is 10.0 Å². The Labute approximate surface area is 151 Å². The molecule has 0 aromatic heterocycles. The molecule has 0 heterocycles. The van der Waals surface area contributed by atoms with Crippen molar-refractivity contribution in [1.82, 2.24) is 0 Å². The standard InChI is InChI=1S/C13H8Cl2N2O7S/c1-7-10(14)5-9(6-12(7)17(20)21)25(22,23)24-13-3-2-8(16(18)19)4-11(13)15/h2-6H,1H3. The van der Waals surface area contributed by atoms with Crippen LogP contribution in [-0.4, -0.2) is 18.3 Å². The first-order valence-electron chi connectivity index (χ1n) is 6.36. The molecule has 2 rings (SSSR count). The van der Waals surface area contributed by atoms with Crippen LogP contribution in [0.1, 0.15) is 5.56 Å². The van der Waals surface area contributed by atoms with Gasteiger partial charge in [0.15, 0.2) is 5.75 Å². The molecule has 0 N–H and O–H groups in total. The van der Waals surface area contributed by atoms with E-state index in [0.29, 0.717) is 0 Å². The zero-order valence-electron chi connectivity index (χ0n) is 12.3. The largest absolute Gasteiger partial charge is 0.377 e. The van der Waals surface area contributed by atoms with E-state index < -0.39 is 30.5 Å². The van der Waals surface area contributed by atoms with Crippen LogP contribution in [0, 0.1) is 27.2 Å². The van der Waals surface area contributed by atoms with Gasteiger partial charge in [-0.25, -0.2) is 0 Å². The summed E-state index contributed by atoms with van der Waals surface area (Å²) in [5.74, 6) is -0.369. The van der Waals surface area contributed by atoms with Crippen LogP contribution in [0.25, 0.3) is 0 Å². The maximum atomic E-state index is 12.3. The van der Waals surface area contributed by atoms with E-state index in [9.17, 15) is 28.6 Å². The second-order valence-electron chi connectivity index (χ2n) is 4.72. The highest BCUT2D eigenvalue weighted by molar-refractivity contribution is 7.87. The molecule has 0 fully saturated rings. The van der Waals surface area contributed by atoms with Crippen molar-refractivity contribution in [3.8, 4) is 5.75 Å². The van der Waals surface area contributed by atoms with Crippen molar-refractivity contribution in [3.63, 3.8) is 0 Å². The van der Waals surface area contributed by atoms with E-state index >= 15 is 0 Å². The summed E-state index contributed by atoms with van der Waals surface area (Å²) < 4.78 is 29.4. The Kier molecular flexibility index (Phi) is 5.16. The van der Waals surface area contributed by atoms with E-state index in [0.717, 1.165) is 30.3 Å². The summed E-state index contributed by atoms with van der Waals surface area (Å²) in [5.41, 5.74) is -0.757. The molecule has 25 heavy (non-hydrogen) atoms. The summed E-state index contributed by atoms with van der Waals surface area (Å²) in [5, 5.41) is 21.2. The highest BCUT2D eigenvalue weighted by atomic mass is 35.5. The first-order chi connectivity index (χ1) is 11.5. The molecular weight excluding hydrogens is 399 g/mol. The Hall–Kier alpha value is -2.43. The van der Waals surface area contributed by atoms with E-state index in [-0.39, 0.29) is 27.0 Å². The molecule has 2 aromatic carbocycles. The summed E-state index contributed by atoms with van der Waals surface area (Å²) >= 11 is 11.6. The van der Waals surface area contributed by atoms with Crippen molar-refractivity contribution in [2.75, 3.05) is 0 Å². The van der Waals surface area contributed by atoms with Crippen molar-refractivity contribution in [1.29, 1.82) is 0 Å². The highest BCUT2D eigenvalue weighted by Gasteiger charge is 2.25. The van der Waals surface area contributed by atoms with Gasteiger partial charge < -0.3 is 4.18 Å². The number of nitro groups is 2. The van der Waals surface area contributed by atoms with Gasteiger partial charge in [0.25, 0.3) is 11.4 Å². The van der Waals surface area contributed by atoms with E-state index in [1.807, 2.05) is 0 Å². The molecule has 132 valence electrons. The molecule has 0 spiro atoms. The third kappa shape index (κ3) is 3.98. The lowest BCUT2D eigenvalue weighted by Gasteiger charge is -2.09. The lowest BCUT2D eigenvalue weighted by Crippen LogP contribution is -2.11.